The van der Waals surface area contributed by atoms with E-state index in [-0.39, 0.29) is 41.9 Å². The molecule has 0 aliphatic heterocycles. The zero-order valence-corrected chi connectivity index (χ0v) is 28.1. The lowest BCUT2D eigenvalue weighted by molar-refractivity contribution is -0.697. The molecular weight excluding hydrogens is 611 g/mol. The Morgan fingerprint density at radius 1 is 0.825 bits per heavy atom. The van der Waals surface area contributed by atoms with Gasteiger partial charge < -0.3 is 38.8 Å². The Kier molecular flexibility index (Phi) is 19.0. The smallest absolute Gasteiger partial charge is 0.257 e. The summed E-state index contributed by atoms with van der Waals surface area (Å²) in [5, 5.41) is 2.97. The first-order valence-electron chi connectivity index (χ1n) is 15.5. The zero-order valence-electron chi connectivity index (χ0n) is 25.9. The van der Waals surface area contributed by atoms with Gasteiger partial charge in [-0.25, -0.2) is 4.57 Å². The number of amides is 1. The second kappa shape index (κ2) is 21.0. The molecule has 226 valence electrons. The molecule has 0 radical (unpaired) electrons. The molecular formula is C34H55IN2O3. The highest BCUT2D eigenvalue weighted by molar-refractivity contribution is 5.77. The predicted octanol–water partition coefficient (Wildman–Crippen LogP) is 4.72. The van der Waals surface area contributed by atoms with Crippen LogP contribution in [0.25, 0.3) is 0 Å². The normalized spacial score (nSPS) is 11.1. The van der Waals surface area contributed by atoms with E-state index in [9.17, 15) is 4.79 Å². The molecule has 40 heavy (non-hydrogen) atoms. The van der Waals surface area contributed by atoms with Crippen molar-refractivity contribution in [3.63, 3.8) is 0 Å². The first-order chi connectivity index (χ1) is 18.8. The number of nitrogens with one attached hydrogen (secondary N) is 1. The lowest BCUT2D eigenvalue weighted by atomic mass is 9.86. The summed E-state index contributed by atoms with van der Waals surface area (Å²) in [4.78, 5) is 12.4. The average Bonchev–Trinajstić information content (AvgIpc) is 2.91. The molecule has 1 N–H and O–H groups in total. The van der Waals surface area contributed by atoms with Gasteiger partial charge in [0.1, 0.15) is 18.0 Å². The highest BCUT2D eigenvalue weighted by Crippen LogP contribution is 2.34. The van der Waals surface area contributed by atoms with E-state index < -0.39 is 0 Å². The van der Waals surface area contributed by atoms with E-state index in [1.807, 2.05) is 18.2 Å². The largest absolute Gasteiger partial charge is 1.00 e. The average molecular weight is 667 g/mol. The maximum atomic E-state index is 12.4. The van der Waals surface area contributed by atoms with Gasteiger partial charge in [-0.15, -0.1) is 0 Å². The number of carbonyl (C=O) groups is 1. The molecule has 0 bridgehead atoms. The van der Waals surface area contributed by atoms with Crippen molar-refractivity contribution >= 4 is 5.91 Å². The maximum Gasteiger partial charge on any atom is 0.257 e. The number of nitrogens with zero attached hydrogens (tertiary/aromatic N) is 1. The summed E-state index contributed by atoms with van der Waals surface area (Å²) in [6.45, 7) is 13.3. The number of aromatic nitrogens is 1. The third-order valence-electron chi connectivity index (χ3n) is 7.06. The Morgan fingerprint density at radius 3 is 2.05 bits per heavy atom. The van der Waals surface area contributed by atoms with E-state index >= 15 is 0 Å². The van der Waals surface area contributed by atoms with Gasteiger partial charge in [-0.1, -0.05) is 92.4 Å². The topological polar surface area (TPSA) is 51.4 Å². The van der Waals surface area contributed by atoms with Crippen LogP contribution < -0.4 is 43.3 Å². The molecule has 0 unspecified atom stereocenters. The van der Waals surface area contributed by atoms with Gasteiger partial charge in [-0.05, 0) is 42.0 Å². The van der Waals surface area contributed by atoms with Crippen LogP contribution in [0, 0.1) is 0 Å². The van der Waals surface area contributed by atoms with Gasteiger partial charge in [0.15, 0.2) is 19.0 Å². The van der Waals surface area contributed by atoms with E-state index in [1.54, 1.807) is 0 Å². The molecule has 0 fully saturated rings. The van der Waals surface area contributed by atoms with Crippen molar-refractivity contribution in [2.24, 2.45) is 0 Å². The highest BCUT2D eigenvalue weighted by atomic mass is 127. The molecule has 1 aromatic heterocycles. The lowest BCUT2D eigenvalue weighted by Gasteiger charge is -2.24. The van der Waals surface area contributed by atoms with Crippen molar-refractivity contribution in [1.29, 1.82) is 0 Å². The van der Waals surface area contributed by atoms with Crippen LogP contribution in [0.3, 0.4) is 0 Å². The number of pyridine rings is 1. The number of unbranched alkanes of at least 4 members (excludes halogenated alkanes) is 9. The fraction of sp³-hybridized carbons (Fsp3) is 0.647. The minimum atomic E-state index is -0.106. The Hall–Kier alpha value is -1.83. The van der Waals surface area contributed by atoms with E-state index in [0.717, 1.165) is 43.7 Å². The number of halogens is 1. The first-order valence-corrected chi connectivity index (χ1v) is 15.5. The van der Waals surface area contributed by atoms with Gasteiger partial charge in [0, 0.05) is 30.7 Å². The first kappa shape index (κ1) is 36.2. The summed E-state index contributed by atoms with van der Waals surface area (Å²) in [6.07, 6.45) is 19.3. The number of hydrogen-bond donors (Lipinski definition) is 1. The Bertz CT molecular complexity index is 941. The third-order valence-corrected chi connectivity index (χ3v) is 7.06. The summed E-state index contributed by atoms with van der Waals surface area (Å²) in [7, 11) is 0. The molecule has 2 rings (SSSR count). The van der Waals surface area contributed by atoms with Crippen molar-refractivity contribution < 1.29 is 42.8 Å². The van der Waals surface area contributed by atoms with Crippen LogP contribution in [0.2, 0.25) is 0 Å². The van der Waals surface area contributed by atoms with Gasteiger partial charge in [-0.2, -0.15) is 0 Å². The van der Waals surface area contributed by atoms with Gasteiger partial charge >= 0.3 is 0 Å². The molecule has 6 heteroatoms. The monoisotopic (exact) mass is 666 g/mol. The van der Waals surface area contributed by atoms with Crippen LogP contribution >= 0.6 is 0 Å². The fourth-order valence-corrected chi connectivity index (χ4v) is 4.69. The fourth-order valence-electron chi connectivity index (χ4n) is 4.69. The van der Waals surface area contributed by atoms with Crippen molar-refractivity contribution in [3.05, 3.63) is 53.9 Å². The number of aryl methyl sites for hydroxylation is 1. The summed E-state index contributed by atoms with van der Waals surface area (Å²) in [5.74, 6) is 1.51. The standard InChI is InChI=1S/C34H54N2O3.HI/c1-6-8-9-10-11-12-13-14-15-16-26-38-32-18-17-30(27-31(32)34(3,4)5)39-28-33(37)35-22-19-29-20-24-36(23-7-2)25-21-29;/h17-18,20-21,24-25,27H,6-16,19,22-23,26,28H2,1-5H3;1H. The number of rotatable bonds is 20. The SMILES string of the molecule is CCCCCCCCCCCCOc1ccc(OCC(=O)NCCc2cc[n+](CCC)cc2)cc1C(C)(C)C.[I-]. The highest BCUT2D eigenvalue weighted by Gasteiger charge is 2.20. The number of hydrogen-bond acceptors (Lipinski definition) is 3. The van der Waals surface area contributed by atoms with E-state index in [1.165, 1.54) is 63.4 Å². The molecule has 1 heterocycles. The molecule has 2 aromatic rings. The van der Waals surface area contributed by atoms with Crippen molar-refractivity contribution in [2.45, 2.75) is 124 Å². The summed E-state index contributed by atoms with van der Waals surface area (Å²) >= 11 is 0. The van der Waals surface area contributed by atoms with E-state index in [2.05, 4.69) is 69.0 Å². The van der Waals surface area contributed by atoms with Crippen LogP contribution in [0.5, 0.6) is 11.5 Å². The van der Waals surface area contributed by atoms with Gasteiger partial charge in [0.25, 0.3) is 5.91 Å². The second-order valence-corrected chi connectivity index (χ2v) is 11.8. The molecule has 0 spiro atoms. The molecule has 0 saturated carbocycles. The Balaban J connectivity index is 0.00000800. The van der Waals surface area contributed by atoms with Gasteiger partial charge in [-0.3, -0.25) is 4.79 Å². The molecule has 0 aliphatic carbocycles. The van der Waals surface area contributed by atoms with Crippen LogP contribution in [0.15, 0.2) is 42.7 Å². The van der Waals surface area contributed by atoms with Crippen LogP contribution in [0.1, 0.15) is 116 Å². The lowest BCUT2D eigenvalue weighted by Crippen LogP contribution is -3.00. The molecule has 1 aromatic carbocycles. The van der Waals surface area contributed by atoms with Crippen LogP contribution in [-0.2, 0) is 23.2 Å². The number of benzene rings is 1. The van der Waals surface area contributed by atoms with E-state index in [0.29, 0.717) is 12.3 Å². The summed E-state index contributed by atoms with van der Waals surface area (Å²) in [6, 6.07) is 10.2. The van der Waals surface area contributed by atoms with Crippen molar-refractivity contribution in [3.8, 4) is 11.5 Å². The zero-order chi connectivity index (χ0) is 28.3. The molecule has 5 nitrogen and oxygen atoms in total. The quantitative estimate of drug-likeness (QED) is 0.127. The number of ether oxygens (including phenoxy) is 2. The Labute approximate surface area is 261 Å². The van der Waals surface area contributed by atoms with E-state index in [4.69, 9.17) is 9.47 Å². The van der Waals surface area contributed by atoms with Crippen LogP contribution in [0.4, 0.5) is 0 Å². The molecule has 0 aliphatic rings. The third kappa shape index (κ3) is 15.2. The molecule has 0 saturated heterocycles. The maximum absolute atomic E-state index is 12.4. The predicted molar refractivity (Wildman–Crippen MR) is 162 cm³/mol. The minimum Gasteiger partial charge on any atom is -1.00 e. The van der Waals surface area contributed by atoms with Crippen LogP contribution in [-0.4, -0.2) is 25.7 Å². The Morgan fingerprint density at radius 2 is 1.45 bits per heavy atom. The summed E-state index contributed by atoms with van der Waals surface area (Å²) in [5.41, 5.74) is 2.24. The minimum absolute atomic E-state index is 0. The second-order valence-electron chi connectivity index (χ2n) is 11.8. The number of carbonyl (C=O) groups excluding carboxylic acids is 1. The molecule has 0 atom stereocenters. The molecule has 1 amide bonds. The summed E-state index contributed by atoms with van der Waals surface area (Å²) < 4.78 is 14.2. The van der Waals surface area contributed by atoms with Crippen molar-refractivity contribution in [2.75, 3.05) is 19.8 Å². The van der Waals surface area contributed by atoms with Gasteiger partial charge in [0.2, 0.25) is 0 Å². The van der Waals surface area contributed by atoms with Crippen molar-refractivity contribution in [1.82, 2.24) is 5.32 Å². The van der Waals surface area contributed by atoms with Gasteiger partial charge in [0.05, 0.1) is 6.61 Å².